The monoisotopic (exact) mass is 264 g/mol. The summed E-state index contributed by atoms with van der Waals surface area (Å²) in [6.07, 6.45) is 1.57. The van der Waals surface area contributed by atoms with Crippen molar-refractivity contribution in [2.75, 3.05) is 6.54 Å². The summed E-state index contributed by atoms with van der Waals surface area (Å²) in [4.78, 5) is 24.8. The van der Waals surface area contributed by atoms with Gasteiger partial charge in [0.15, 0.2) is 0 Å². The third kappa shape index (κ3) is 3.04. The van der Waals surface area contributed by atoms with Crippen molar-refractivity contribution in [2.24, 2.45) is 0 Å². The molecule has 2 amide bonds. The van der Waals surface area contributed by atoms with E-state index < -0.39 is 0 Å². The Hall–Kier alpha value is -1.49. The molecule has 1 saturated heterocycles. The number of amides is 2. The summed E-state index contributed by atoms with van der Waals surface area (Å²) in [5.74, 6) is 0. The van der Waals surface area contributed by atoms with Gasteiger partial charge in [-0.15, -0.1) is 12.6 Å². The molecule has 2 rings (SSSR count). The minimum absolute atomic E-state index is 0.191. The summed E-state index contributed by atoms with van der Waals surface area (Å²) in [5.41, 5.74) is 1.04. The fourth-order valence-corrected chi connectivity index (χ4v) is 2.41. The van der Waals surface area contributed by atoms with Gasteiger partial charge in [-0.3, -0.25) is 4.79 Å². The first-order chi connectivity index (χ1) is 8.68. The van der Waals surface area contributed by atoms with E-state index in [4.69, 9.17) is 0 Å². The summed E-state index contributed by atoms with van der Waals surface area (Å²) in [6.45, 7) is 1.10. The summed E-state index contributed by atoms with van der Waals surface area (Å²) in [7, 11) is 0. The highest BCUT2D eigenvalue weighted by molar-refractivity contribution is 7.96. The van der Waals surface area contributed by atoms with Gasteiger partial charge in [0, 0.05) is 13.1 Å². The molecule has 1 aliphatic rings. The second kappa shape index (κ2) is 5.91. The molecule has 0 spiro atoms. The zero-order valence-electron chi connectivity index (χ0n) is 10.0. The van der Waals surface area contributed by atoms with E-state index in [1.54, 1.807) is 4.90 Å². The largest absolute Gasteiger partial charge is 0.334 e. The van der Waals surface area contributed by atoms with Gasteiger partial charge in [0.2, 0.25) is 5.12 Å². The maximum absolute atomic E-state index is 12.0. The number of urea groups is 1. The number of nitrogens with zero attached hydrogens (tertiary/aromatic N) is 1. The predicted molar refractivity (Wildman–Crippen MR) is 72.4 cm³/mol. The van der Waals surface area contributed by atoms with Gasteiger partial charge in [0.25, 0.3) is 0 Å². The van der Waals surface area contributed by atoms with Gasteiger partial charge < -0.3 is 10.2 Å². The lowest BCUT2D eigenvalue weighted by atomic mass is 10.2. The van der Waals surface area contributed by atoms with Gasteiger partial charge in [-0.25, -0.2) is 4.79 Å². The second-order valence-corrected chi connectivity index (χ2v) is 4.77. The van der Waals surface area contributed by atoms with Crippen molar-refractivity contribution < 1.29 is 9.59 Å². The highest BCUT2D eigenvalue weighted by Gasteiger charge is 2.32. The fourth-order valence-electron chi connectivity index (χ4n) is 2.14. The highest BCUT2D eigenvalue weighted by atomic mass is 32.1. The molecular formula is C13H16N2O2S. The van der Waals surface area contributed by atoms with Crippen molar-refractivity contribution in [1.29, 1.82) is 0 Å². The maximum atomic E-state index is 12.0. The van der Waals surface area contributed by atoms with Crippen molar-refractivity contribution >= 4 is 23.8 Å². The summed E-state index contributed by atoms with van der Waals surface area (Å²) in [6, 6.07) is 9.13. The quantitative estimate of drug-likeness (QED) is 0.818. The smallest absolute Gasteiger partial charge is 0.318 e. The second-order valence-electron chi connectivity index (χ2n) is 4.33. The number of carbonyl (C=O) groups excluding carboxylic acids is 2. The molecular weight excluding hydrogens is 248 g/mol. The normalized spacial score (nSPS) is 18.7. The number of hydrogen-bond acceptors (Lipinski definition) is 2. The van der Waals surface area contributed by atoms with Crippen LogP contribution in [0.4, 0.5) is 4.79 Å². The van der Waals surface area contributed by atoms with Crippen LogP contribution in [0.5, 0.6) is 0 Å². The molecule has 1 heterocycles. The Labute approximate surface area is 112 Å². The number of thiol groups is 1. The van der Waals surface area contributed by atoms with Crippen molar-refractivity contribution in [3.05, 3.63) is 35.9 Å². The first-order valence-corrected chi connectivity index (χ1v) is 6.44. The van der Waals surface area contributed by atoms with E-state index in [1.165, 1.54) is 0 Å². The topological polar surface area (TPSA) is 49.4 Å². The van der Waals surface area contributed by atoms with Gasteiger partial charge in [-0.05, 0) is 18.4 Å². The zero-order valence-corrected chi connectivity index (χ0v) is 10.9. The Bertz CT molecular complexity index is 436. The lowest BCUT2D eigenvalue weighted by Crippen LogP contribution is -2.44. The Kier molecular flexibility index (Phi) is 4.25. The first kappa shape index (κ1) is 13.0. The van der Waals surface area contributed by atoms with Crippen LogP contribution in [0.2, 0.25) is 0 Å². The van der Waals surface area contributed by atoms with E-state index in [9.17, 15) is 9.59 Å². The standard InChI is InChI=1S/C13H16N2O2S/c16-12(18)11-7-4-8-15(11)13(17)14-9-10-5-2-1-3-6-10/h1-3,5-6,11H,4,7-9H2,(H,14,17)(H,16,18)/t11-/m0/s1. The summed E-state index contributed by atoms with van der Waals surface area (Å²) < 4.78 is 0. The lowest BCUT2D eigenvalue weighted by molar-refractivity contribution is -0.113. The maximum Gasteiger partial charge on any atom is 0.318 e. The molecule has 96 valence electrons. The van der Waals surface area contributed by atoms with Crippen LogP contribution in [0.15, 0.2) is 30.3 Å². The zero-order chi connectivity index (χ0) is 13.0. The molecule has 18 heavy (non-hydrogen) atoms. The molecule has 0 unspecified atom stereocenters. The number of likely N-dealkylation sites (tertiary alicyclic amines) is 1. The van der Waals surface area contributed by atoms with E-state index in [0.717, 1.165) is 12.0 Å². The highest BCUT2D eigenvalue weighted by Crippen LogP contribution is 2.19. The van der Waals surface area contributed by atoms with E-state index >= 15 is 0 Å². The third-order valence-electron chi connectivity index (χ3n) is 3.09. The van der Waals surface area contributed by atoms with Gasteiger partial charge in [0.1, 0.15) is 6.04 Å². The molecule has 1 atom stereocenters. The molecule has 0 bridgehead atoms. The average Bonchev–Trinajstić information content (AvgIpc) is 2.86. The molecule has 1 aliphatic heterocycles. The average molecular weight is 264 g/mol. The molecule has 1 aromatic carbocycles. The molecule has 1 N–H and O–H groups in total. The van der Waals surface area contributed by atoms with E-state index in [0.29, 0.717) is 19.5 Å². The number of rotatable bonds is 3. The number of nitrogens with one attached hydrogen (secondary N) is 1. The third-order valence-corrected chi connectivity index (χ3v) is 3.38. The first-order valence-electron chi connectivity index (χ1n) is 5.99. The van der Waals surface area contributed by atoms with Gasteiger partial charge in [-0.2, -0.15) is 0 Å². The van der Waals surface area contributed by atoms with Gasteiger partial charge in [0.05, 0.1) is 0 Å². The van der Waals surface area contributed by atoms with E-state index in [2.05, 4.69) is 17.9 Å². The van der Waals surface area contributed by atoms with Crippen molar-refractivity contribution in [2.45, 2.75) is 25.4 Å². The van der Waals surface area contributed by atoms with E-state index in [-0.39, 0.29) is 17.2 Å². The van der Waals surface area contributed by atoms with Crippen LogP contribution in [-0.2, 0) is 11.3 Å². The number of carbonyl (C=O) groups is 2. The molecule has 5 heteroatoms. The van der Waals surface area contributed by atoms with Crippen LogP contribution >= 0.6 is 12.6 Å². The Balaban J connectivity index is 1.90. The number of hydrogen-bond donors (Lipinski definition) is 2. The Morgan fingerprint density at radius 3 is 2.72 bits per heavy atom. The van der Waals surface area contributed by atoms with Crippen LogP contribution in [0.25, 0.3) is 0 Å². The van der Waals surface area contributed by atoms with Crippen LogP contribution in [-0.4, -0.2) is 28.6 Å². The molecule has 0 aliphatic carbocycles. The van der Waals surface area contributed by atoms with Crippen LogP contribution < -0.4 is 5.32 Å². The van der Waals surface area contributed by atoms with Crippen molar-refractivity contribution in [3.63, 3.8) is 0 Å². The van der Waals surface area contributed by atoms with Gasteiger partial charge >= 0.3 is 6.03 Å². The van der Waals surface area contributed by atoms with E-state index in [1.807, 2.05) is 30.3 Å². The van der Waals surface area contributed by atoms with Crippen molar-refractivity contribution in [3.8, 4) is 0 Å². The van der Waals surface area contributed by atoms with Crippen LogP contribution in [0.1, 0.15) is 18.4 Å². The number of benzene rings is 1. The molecule has 1 aromatic rings. The Morgan fingerprint density at radius 1 is 1.33 bits per heavy atom. The van der Waals surface area contributed by atoms with Crippen LogP contribution in [0, 0.1) is 0 Å². The van der Waals surface area contributed by atoms with Gasteiger partial charge in [-0.1, -0.05) is 30.3 Å². The van der Waals surface area contributed by atoms with Crippen LogP contribution in [0.3, 0.4) is 0 Å². The minimum atomic E-state index is -0.371. The summed E-state index contributed by atoms with van der Waals surface area (Å²) >= 11 is 3.82. The minimum Gasteiger partial charge on any atom is -0.334 e. The SMILES string of the molecule is O=C(S)[C@@H]1CCCN1C(=O)NCc1ccccc1. The predicted octanol–water partition coefficient (Wildman–Crippen LogP) is 1.82. The molecule has 1 fully saturated rings. The summed E-state index contributed by atoms with van der Waals surface area (Å²) in [5, 5.41) is 2.59. The Morgan fingerprint density at radius 2 is 2.06 bits per heavy atom. The molecule has 0 radical (unpaired) electrons. The fraction of sp³-hybridized carbons (Fsp3) is 0.385. The van der Waals surface area contributed by atoms with Crippen molar-refractivity contribution in [1.82, 2.24) is 10.2 Å². The molecule has 0 aromatic heterocycles. The molecule has 4 nitrogen and oxygen atoms in total. The molecule has 0 saturated carbocycles. The lowest BCUT2D eigenvalue weighted by Gasteiger charge is -2.22.